The first kappa shape index (κ1) is 7.15. The van der Waals surface area contributed by atoms with E-state index in [1.807, 2.05) is 18.2 Å². The second kappa shape index (κ2) is 2.51. The standard InChI is InChI=1S/C8H10N4/c9-11-5-3-7-2-1-4-12(10)8(7)6-11/h1-6H,9-10H2. The zero-order chi connectivity index (χ0) is 8.55. The first-order valence-corrected chi connectivity index (χ1v) is 3.63. The molecule has 4 heteroatoms. The molecule has 4 nitrogen and oxygen atoms in total. The van der Waals surface area contributed by atoms with E-state index in [1.54, 1.807) is 23.6 Å². The summed E-state index contributed by atoms with van der Waals surface area (Å²) in [4.78, 5) is 0. The Morgan fingerprint density at radius 3 is 2.83 bits per heavy atom. The Hall–Kier alpha value is -1.52. The molecule has 0 atom stereocenters. The summed E-state index contributed by atoms with van der Waals surface area (Å²) < 4.78 is 0. The second-order valence-electron chi connectivity index (χ2n) is 2.65. The van der Waals surface area contributed by atoms with E-state index in [0.29, 0.717) is 0 Å². The van der Waals surface area contributed by atoms with Crippen LogP contribution in [0.3, 0.4) is 0 Å². The summed E-state index contributed by atoms with van der Waals surface area (Å²) in [6.45, 7) is 0. The molecule has 0 aliphatic carbocycles. The van der Waals surface area contributed by atoms with Crippen LogP contribution in [0.1, 0.15) is 0 Å². The van der Waals surface area contributed by atoms with Gasteiger partial charge in [0, 0.05) is 24.2 Å². The van der Waals surface area contributed by atoms with Gasteiger partial charge in [-0.25, -0.2) is 11.7 Å². The number of rotatable bonds is 0. The van der Waals surface area contributed by atoms with Crippen LogP contribution in [0.4, 0.5) is 0 Å². The highest BCUT2D eigenvalue weighted by molar-refractivity contribution is 5.45. The average molecular weight is 162 g/mol. The summed E-state index contributed by atoms with van der Waals surface area (Å²) in [5.74, 6) is 11.2. The highest BCUT2D eigenvalue weighted by atomic mass is 15.4. The van der Waals surface area contributed by atoms with Crippen molar-refractivity contribution in [2.75, 3.05) is 0 Å². The van der Waals surface area contributed by atoms with Crippen molar-refractivity contribution < 1.29 is 0 Å². The van der Waals surface area contributed by atoms with E-state index in [2.05, 4.69) is 0 Å². The maximum absolute atomic E-state index is 5.67. The second-order valence-corrected chi connectivity index (χ2v) is 2.65. The van der Waals surface area contributed by atoms with Gasteiger partial charge in [0.15, 0.2) is 0 Å². The first-order valence-electron chi connectivity index (χ1n) is 3.63. The minimum atomic E-state index is 0.905. The van der Waals surface area contributed by atoms with E-state index >= 15 is 0 Å². The van der Waals surface area contributed by atoms with Gasteiger partial charge in [-0.05, 0) is 12.2 Å². The normalized spacial score (nSPS) is 20.5. The zero-order valence-electron chi connectivity index (χ0n) is 6.51. The predicted molar refractivity (Wildman–Crippen MR) is 46.5 cm³/mol. The summed E-state index contributed by atoms with van der Waals surface area (Å²) >= 11 is 0. The Morgan fingerprint density at radius 2 is 2.00 bits per heavy atom. The number of hydrogen-bond donors (Lipinski definition) is 2. The Labute approximate surface area is 70.7 Å². The minimum absolute atomic E-state index is 0.905. The third kappa shape index (κ3) is 1.03. The molecule has 0 saturated heterocycles. The van der Waals surface area contributed by atoms with Crippen LogP contribution in [0, 0.1) is 0 Å². The van der Waals surface area contributed by atoms with Gasteiger partial charge in [-0.2, -0.15) is 0 Å². The molecule has 2 heterocycles. The summed E-state index contributed by atoms with van der Waals surface area (Å²) in [5, 5.41) is 3.02. The van der Waals surface area contributed by atoms with Gasteiger partial charge in [0.05, 0.1) is 5.70 Å². The molecule has 0 unspecified atom stereocenters. The molecule has 2 rings (SSSR count). The van der Waals surface area contributed by atoms with Crippen molar-refractivity contribution in [1.82, 2.24) is 10.0 Å². The van der Waals surface area contributed by atoms with Crippen LogP contribution in [0.5, 0.6) is 0 Å². The monoisotopic (exact) mass is 162 g/mol. The highest BCUT2D eigenvalue weighted by Crippen LogP contribution is 2.21. The summed E-state index contributed by atoms with van der Waals surface area (Å²) in [5.41, 5.74) is 1.98. The predicted octanol–water partition coefficient (Wildman–Crippen LogP) is 0.160. The smallest absolute Gasteiger partial charge is 0.0818 e. The van der Waals surface area contributed by atoms with Gasteiger partial charge in [0.1, 0.15) is 0 Å². The lowest BCUT2D eigenvalue weighted by atomic mass is 10.1. The molecule has 0 aromatic rings. The van der Waals surface area contributed by atoms with Crippen molar-refractivity contribution in [2.45, 2.75) is 0 Å². The molecule has 12 heavy (non-hydrogen) atoms. The molecule has 62 valence electrons. The van der Waals surface area contributed by atoms with Gasteiger partial charge in [-0.1, -0.05) is 6.08 Å². The van der Waals surface area contributed by atoms with Gasteiger partial charge in [0.25, 0.3) is 0 Å². The summed E-state index contributed by atoms with van der Waals surface area (Å²) in [7, 11) is 0. The molecule has 0 radical (unpaired) electrons. The van der Waals surface area contributed by atoms with Gasteiger partial charge in [-0.15, -0.1) is 0 Å². The minimum Gasteiger partial charge on any atom is -0.292 e. The van der Waals surface area contributed by atoms with Crippen LogP contribution in [0.2, 0.25) is 0 Å². The molecule has 2 aliphatic heterocycles. The molecule has 0 fully saturated rings. The number of fused-ring (bicyclic) bond motifs is 1. The largest absolute Gasteiger partial charge is 0.292 e. The fraction of sp³-hybridized carbons (Fsp3) is 0. The maximum atomic E-state index is 5.67. The lowest BCUT2D eigenvalue weighted by Gasteiger charge is -2.26. The lowest BCUT2D eigenvalue weighted by Crippen LogP contribution is -2.31. The van der Waals surface area contributed by atoms with Crippen molar-refractivity contribution in [2.24, 2.45) is 11.7 Å². The quantitative estimate of drug-likeness (QED) is 0.498. The molecule has 0 amide bonds. The molecule has 0 saturated carbocycles. The fourth-order valence-corrected chi connectivity index (χ4v) is 1.19. The van der Waals surface area contributed by atoms with E-state index in [9.17, 15) is 0 Å². The molecular weight excluding hydrogens is 152 g/mol. The highest BCUT2D eigenvalue weighted by Gasteiger charge is 2.13. The van der Waals surface area contributed by atoms with Crippen LogP contribution in [0.25, 0.3) is 0 Å². The maximum Gasteiger partial charge on any atom is 0.0818 e. The third-order valence-electron chi connectivity index (χ3n) is 1.79. The van der Waals surface area contributed by atoms with Crippen molar-refractivity contribution in [3.05, 3.63) is 48.1 Å². The fourth-order valence-electron chi connectivity index (χ4n) is 1.19. The Bertz CT molecular complexity index is 311. The zero-order valence-corrected chi connectivity index (χ0v) is 6.51. The number of nitrogens with two attached hydrogens (primary N) is 2. The van der Waals surface area contributed by atoms with Gasteiger partial charge in [0.2, 0.25) is 0 Å². The van der Waals surface area contributed by atoms with E-state index in [4.69, 9.17) is 11.7 Å². The average Bonchev–Trinajstić information content (AvgIpc) is 2.07. The van der Waals surface area contributed by atoms with Crippen LogP contribution in [-0.4, -0.2) is 10.0 Å². The Balaban J connectivity index is 2.40. The van der Waals surface area contributed by atoms with Crippen LogP contribution >= 0.6 is 0 Å². The molecule has 0 aromatic heterocycles. The van der Waals surface area contributed by atoms with Crippen molar-refractivity contribution in [3.63, 3.8) is 0 Å². The molecule has 2 aliphatic rings. The van der Waals surface area contributed by atoms with Gasteiger partial charge in [-0.3, -0.25) is 10.0 Å². The Kier molecular flexibility index (Phi) is 1.49. The molecule has 0 aromatic carbocycles. The lowest BCUT2D eigenvalue weighted by molar-refractivity contribution is 0.451. The summed E-state index contributed by atoms with van der Waals surface area (Å²) in [6.07, 6.45) is 11.1. The molecule has 0 spiro atoms. The number of hydrogen-bond acceptors (Lipinski definition) is 4. The van der Waals surface area contributed by atoms with Crippen molar-refractivity contribution in [3.8, 4) is 0 Å². The Morgan fingerprint density at radius 1 is 1.17 bits per heavy atom. The first-order chi connectivity index (χ1) is 5.77. The van der Waals surface area contributed by atoms with Crippen molar-refractivity contribution in [1.29, 1.82) is 0 Å². The van der Waals surface area contributed by atoms with Crippen LogP contribution in [-0.2, 0) is 0 Å². The van der Waals surface area contributed by atoms with E-state index in [0.717, 1.165) is 11.3 Å². The van der Waals surface area contributed by atoms with Gasteiger partial charge >= 0.3 is 0 Å². The molecule has 0 bridgehead atoms. The number of allylic oxidation sites excluding steroid dienone is 3. The van der Waals surface area contributed by atoms with E-state index in [1.165, 1.54) is 5.01 Å². The van der Waals surface area contributed by atoms with E-state index < -0.39 is 0 Å². The SMILES string of the molecule is NN1C=CC2=CC=CN(N)C2=C1. The molecule has 4 N–H and O–H groups in total. The van der Waals surface area contributed by atoms with E-state index in [-0.39, 0.29) is 0 Å². The third-order valence-corrected chi connectivity index (χ3v) is 1.79. The summed E-state index contributed by atoms with van der Waals surface area (Å²) in [6, 6.07) is 0. The van der Waals surface area contributed by atoms with Crippen LogP contribution < -0.4 is 11.7 Å². The number of nitrogens with zero attached hydrogens (tertiary/aromatic N) is 2. The molecular formula is C8H10N4. The van der Waals surface area contributed by atoms with Crippen LogP contribution in [0.15, 0.2) is 48.1 Å². The topological polar surface area (TPSA) is 58.5 Å². The van der Waals surface area contributed by atoms with Gasteiger partial charge < -0.3 is 0 Å². The van der Waals surface area contributed by atoms with Crippen molar-refractivity contribution >= 4 is 0 Å². The number of hydrazine groups is 2.